The minimum atomic E-state index is -0.199. The molecule has 7 heteroatoms. The third-order valence-electron chi connectivity index (χ3n) is 3.96. The summed E-state index contributed by atoms with van der Waals surface area (Å²) < 4.78 is 0.977. The predicted molar refractivity (Wildman–Crippen MR) is 96.9 cm³/mol. The molecule has 23 heavy (non-hydrogen) atoms. The van der Waals surface area contributed by atoms with Crippen LogP contribution in [0.1, 0.15) is 12.8 Å². The molecule has 1 aromatic carbocycles. The molecular formula is C16H19BrN4OSe. The Morgan fingerprint density at radius 1 is 1.39 bits per heavy atom. The first-order valence-corrected chi connectivity index (χ1v) is 11.4. The Balaban J connectivity index is 1.87. The number of likely N-dealkylation sites (tertiary alicyclic amines) is 1. The van der Waals surface area contributed by atoms with Crippen LogP contribution in [0.15, 0.2) is 29.0 Å². The SMILES string of the molecule is C[Se]C[C@H](Nc1ncnc2ccc(Br)cc12)C(=O)N1CCCC1. The summed E-state index contributed by atoms with van der Waals surface area (Å²) in [6.45, 7) is 1.76. The van der Waals surface area contributed by atoms with E-state index in [-0.39, 0.29) is 11.9 Å². The van der Waals surface area contributed by atoms with Gasteiger partial charge in [-0.25, -0.2) is 0 Å². The van der Waals surface area contributed by atoms with Crippen LogP contribution in [0.4, 0.5) is 5.82 Å². The zero-order valence-corrected chi connectivity index (χ0v) is 16.3. The number of nitrogens with zero attached hydrogens (tertiary/aromatic N) is 3. The standard InChI is InChI=1S/C16H19BrN4OSe/c1-23-9-14(16(22)21-6-2-3-7-21)20-15-12-8-11(17)4-5-13(12)18-10-19-15/h4-5,8,10,14H,2-3,6-7,9H2,1H3,(H,18,19,20)/t14-/m0/s1. The molecule has 1 aromatic heterocycles. The summed E-state index contributed by atoms with van der Waals surface area (Å²) in [5, 5.41) is 5.18. The summed E-state index contributed by atoms with van der Waals surface area (Å²) in [7, 11) is 0. The Labute approximate surface area is 150 Å². The molecule has 1 aliphatic heterocycles. The monoisotopic (exact) mass is 442 g/mol. The van der Waals surface area contributed by atoms with Crippen LogP contribution in [0.3, 0.4) is 0 Å². The van der Waals surface area contributed by atoms with Crippen molar-refractivity contribution in [1.82, 2.24) is 14.9 Å². The van der Waals surface area contributed by atoms with Gasteiger partial charge in [-0.3, -0.25) is 0 Å². The summed E-state index contributed by atoms with van der Waals surface area (Å²) in [4.78, 5) is 23.4. The number of anilines is 1. The van der Waals surface area contributed by atoms with Gasteiger partial charge in [0.25, 0.3) is 0 Å². The number of benzene rings is 1. The quantitative estimate of drug-likeness (QED) is 0.724. The molecule has 1 aliphatic rings. The number of hydrogen-bond acceptors (Lipinski definition) is 4. The average molecular weight is 442 g/mol. The molecule has 0 unspecified atom stereocenters. The van der Waals surface area contributed by atoms with Crippen LogP contribution < -0.4 is 5.32 Å². The number of carbonyl (C=O) groups is 1. The van der Waals surface area contributed by atoms with E-state index in [2.05, 4.69) is 37.0 Å². The summed E-state index contributed by atoms with van der Waals surface area (Å²) in [6.07, 6.45) is 3.77. The Morgan fingerprint density at radius 2 is 2.17 bits per heavy atom. The van der Waals surface area contributed by atoms with Crippen molar-refractivity contribution >= 4 is 53.5 Å². The summed E-state index contributed by atoms with van der Waals surface area (Å²) >= 11 is 3.90. The van der Waals surface area contributed by atoms with Gasteiger partial charge < -0.3 is 0 Å². The summed E-state index contributed by atoms with van der Waals surface area (Å²) in [6, 6.07) is 5.70. The van der Waals surface area contributed by atoms with Crippen molar-refractivity contribution in [2.45, 2.75) is 30.0 Å². The van der Waals surface area contributed by atoms with Crippen molar-refractivity contribution in [2.75, 3.05) is 18.4 Å². The van der Waals surface area contributed by atoms with Crippen molar-refractivity contribution in [2.24, 2.45) is 0 Å². The second-order valence-corrected chi connectivity index (χ2v) is 8.39. The van der Waals surface area contributed by atoms with Crippen molar-refractivity contribution in [3.63, 3.8) is 0 Å². The molecule has 3 rings (SSSR count). The van der Waals surface area contributed by atoms with Crippen LogP contribution in [-0.4, -0.2) is 54.9 Å². The first-order chi connectivity index (χ1) is 11.2. The molecule has 2 aromatic rings. The topological polar surface area (TPSA) is 58.1 Å². The van der Waals surface area contributed by atoms with Gasteiger partial charge in [0.15, 0.2) is 0 Å². The Hall–Kier alpha value is -1.17. The Bertz CT molecular complexity index is 706. The molecule has 0 spiro atoms. The van der Waals surface area contributed by atoms with Crippen LogP contribution in [0, 0.1) is 0 Å². The van der Waals surface area contributed by atoms with Crippen LogP contribution >= 0.6 is 15.9 Å². The number of amides is 1. The van der Waals surface area contributed by atoms with E-state index in [1.165, 1.54) is 0 Å². The summed E-state index contributed by atoms with van der Waals surface area (Å²) in [5.74, 6) is 3.10. The van der Waals surface area contributed by atoms with E-state index >= 15 is 0 Å². The van der Waals surface area contributed by atoms with Crippen molar-refractivity contribution < 1.29 is 4.79 Å². The van der Waals surface area contributed by atoms with Gasteiger partial charge in [-0.2, -0.15) is 0 Å². The average Bonchev–Trinajstić information content (AvgIpc) is 3.08. The van der Waals surface area contributed by atoms with E-state index < -0.39 is 0 Å². The molecule has 0 bridgehead atoms. The maximum absolute atomic E-state index is 12.8. The molecule has 1 saturated heterocycles. The Kier molecular flexibility index (Phi) is 5.51. The van der Waals surface area contributed by atoms with Gasteiger partial charge in [-0.1, -0.05) is 0 Å². The third kappa shape index (κ3) is 3.84. The number of carbonyl (C=O) groups excluding carboxylic acids is 1. The molecule has 1 fully saturated rings. The Morgan fingerprint density at radius 3 is 2.91 bits per heavy atom. The van der Waals surface area contributed by atoms with E-state index in [4.69, 9.17) is 0 Å². The van der Waals surface area contributed by atoms with E-state index in [1.807, 2.05) is 23.1 Å². The van der Waals surface area contributed by atoms with E-state index in [9.17, 15) is 4.79 Å². The van der Waals surface area contributed by atoms with Crippen molar-refractivity contribution in [3.8, 4) is 0 Å². The number of halogens is 1. The van der Waals surface area contributed by atoms with Gasteiger partial charge in [0.1, 0.15) is 0 Å². The minimum absolute atomic E-state index is 0.199. The molecule has 0 radical (unpaired) electrons. The number of fused-ring (bicyclic) bond motifs is 1. The van der Waals surface area contributed by atoms with E-state index in [1.54, 1.807) is 6.33 Å². The zero-order valence-electron chi connectivity index (χ0n) is 13.0. The number of rotatable bonds is 5. The molecule has 1 amide bonds. The number of nitrogens with one attached hydrogen (secondary N) is 1. The van der Waals surface area contributed by atoms with E-state index in [0.717, 1.165) is 52.4 Å². The van der Waals surface area contributed by atoms with Gasteiger partial charge in [-0.05, 0) is 0 Å². The number of aromatic nitrogens is 2. The fourth-order valence-corrected chi connectivity index (χ4v) is 4.34. The predicted octanol–water partition coefficient (Wildman–Crippen LogP) is 2.97. The molecule has 0 aliphatic carbocycles. The molecule has 2 heterocycles. The van der Waals surface area contributed by atoms with Gasteiger partial charge >= 0.3 is 151 Å². The normalized spacial score (nSPS) is 15.8. The maximum atomic E-state index is 12.8. The van der Waals surface area contributed by atoms with Crippen molar-refractivity contribution in [3.05, 3.63) is 29.0 Å². The van der Waals surface area contributed by atoms with E-state index in [0.29, 0.717) is 15.0 Å². The fraction of sp³-hybridized carbons (Fsp3) is 0.438. The fourth-order valence-electron chi connectivity index (χ4n) is 2.81. The van der Waals surface area contributed by atoms with Crippen LogP contribution in [0.25, 0.3) is 10.9 Å². The molecular weight excluding hydrogens is 423 g/mol. The second-order valence-electron chi connectivity index (χ2n) is 5.57. The van der Waals surface area contributed by atoms with Gasteiger partial charge in [0.05, 0.1) is 0 Å². The van der Waals surface area contributed by atoms with Crippen molar-refractivity contribution in [1.29, 1.82) is 0 Å². The summed E-state index contributed by atoms with van der Waals surface area (Å²) in [5.41, 5.74) is 0.875. The third-order valence-corrected chi connectivity index (χ3v) is 5.85. The van der Waals surface area contributed by atoms with Gasteiger partial charge in [0, 0.05) is 0 Å². The first kappa shape index (κ1) is 16.7. The second kappa shape index (κ2) is 7.60. The molecule has 1 atom stereocenters. The van der Waals surface area contributed by atoms with Crippen LogP contribution in [0.2, 0.25) is 11.1 Å². The zero-order chi connectivity index (χ0) is 16.2. The molecule has 0 saturated carbocycles. The van der Waals surface area contributed by atoms with Gasteiger partial charge in [-0.15, -0.1) is 0 Å². The molecule has 1 N–H and O–H groups in total. The molecule has 5 nitrogen and oxygen atoms in total. The van der Waals surface area contributed by atoms with Crippen LogP contribution in [-0.2, 0) is 4.79 Å². The molecule has 122 valence electrons. The van der Waals surface area contributed by atoms with Crippen LogP contribution in [0.5, 0.6) is 0 Å². The first-order valence-electron chi connectivity index (χ1n) is 7.63. The number of hydrogen-bond donors (Lipinski definition) is 1. The van der Waals surface area contributed by atoms with Gasteiger partial charge in [0.2, 0.25) is 0 Å².